The highest BCUT2D eigenvalue weighted by Crippen LogP contribution is 2.47. The second-order valence-corrected chi connectivity index (χ2v) is 4.44. The molecule has 1 aliphatic heterocycles. The second-order valence-electron chi connectivity index (χ2n) is 4.44. The molecule has 2 unspecified atom stereocenters. The molecule has 2 rings (SSSR count). The molecule has 19 heavy (non-hydrogen) atoms. The maximum absolute atomic E-state index is 12.6. The molecule has 0 N–H and O–H groups in total. The summed E-state index contributed by atoms with van der Waals surface area (Å²) in [7, 11) is 0. The van der Waals surface area contributed by atoms with Crippen LogP contribution in [0.4, 0.5) is 13.2 Å². The van der Waals surface area contributed by atoms with E-state index in [2.05, 4.69) is 0 Å². The third kappa shape index (κ3) is 2.58. The van der Waals surface area contributed by atoms with E-state index >= 15 is 0 Å². The summed E-state index contributed by atoms with van der Waals surface area (Å²) in [4.78, 5) is 11.5. The van der Waals surface area contributed by atoms with Crippen molar-refractivity contribution in [2.24, 2.45) is 0 Å². The Morgan fingerprint density at radius 1 is 1.47 bits per heavy atom. The zero-order chi connectivity index (χ0) is 14.3. The van der Waals surface area contributed by atoms with Crippen molar-refractivity contribution in [1.29, 1.82) is 0 Å². The highest BCUT2D eigenvalue weighted by atomic mass is 19.4. The molecule has 1 saturated heterocycles. The summed E-state index contributed by atoms with van der Waals surface area (Å²) < 4.78 is 47.9. The van der Waals surface area contributed by atoms with E-state index in [0.717, 1.165) is 12.1 Å². The van der Waals surface area contributed by atoms with E-state index in [-0.39, 0.29) is 6.61 Å². The molecule has 6 heteroatoms. The lowest BCUT2D eigenvalue weighted by atomic mass is 9.95. The van der Waals surface area contributed by atoms with Gasteiger partial charge in [0.2, 0.25) is 0 Å². The van der Waals surface area contributed by atoms with Crippen molar-refractivity contribution in [3.8, 4) is 0 Å². The van der Waals surface area contributed by atoms with E-state index in [1.807, 2.05) is 0 Å². The van der Waals surface area contributed by atoms with Gasteiger partial charge < -0.3 is 9.47 Å². The van der Waals surface area contributed by atoms with Crippen molar-refractivity contribution in [3.63, 3.8) is 0 Å². The van der Waals surface area contributed by atoms with Gasteiger partial charge in [-0.3, -0.25) is 0 Å². The first-order valence-corrected chi connectivity index (χ1v) is 5.81. The molecular weight excluding hydrogens is 261 g/mol. The minimum atomic E-state index is -4.42. The SMILES string of the molecule is CCOC(=O)C1OC1(C)c1cccc(C(F)(F)F)c1. The normalized spacial score (nSPS) is 26.1. The first-order valence-electron chi connectivity index (χ1n) is 5.81. The number of hydrogen-bond acceptors (Lipinski definition) is 3. The number of hydrogen-bond donors (Lipinski definition) is 0. The Balaban J connectivity index is 2.22. The van der Waals surface area contributed by atoms with Crippen molar-refractivity contribution >= 4 is 5.97 Å². The molecule has 3 nitrogen and oxygen atoms in total. The van der Waals surface area contributed by atoms with Gasteiger partial charge >= 0.3 is 12.1 Å². The molecule has 0 radical (unpaired) electrons. The molecule has 1 fully saturated rings. The Labute approximate surface area is 108 Å². The highest BCUT2D eigenvalue weighted by Gasteiger charge is 2.59. The van der Waals surface area contributed by atoms with Crippen LogP contribution in [0.2, 0.25) is 0 Å². The van der Waals surface area contributed by atoms with Crippen LogP contribution in [0.3, 0.4) is 0 Å². The molecule has 0 aromatic heterocycles. The molecule has 1 aromatic rings. The number of benzene rings is 1. The fourth-order valence-corrected chi connectivity index (χ4v) is 1.93. The fourth-order valence-electron chi connectivity index (χ4n) is 1.93. The van der Waals surface area contributed by atoms with E-state index in [0.29, 0.717) is 5.56 Å². The number of carbonyl (C=O) groups is 1. The van der Waals surface area contributed by atoms with Crippen LogP contribution in [0.5, 0.6) is 0 Å². The lowest BCUT2D eigenvalue weighted by molar-refractivity contribution is -0.144. The van der Waals surface area contributed by atoms with Crippen molar-refractivity contribution in [1.82, 2.24) is 0 Å². The quantitative estimate of drug-likeness (QED) is 0.628. The van der Waals surface area contributed by atoms with E-state index in [1.165, 1.54) is 12.1 Å². The lowest BCUT2D eigenvalue weighted by Crippen LogP contribution is -2.19. The summed E-state index contributed by atoms with van der Waals surface area (Å²) in [6.07, 6.45) is -5.25. The van der Waals surface area contributed by atoms with Crippen LogP contribution in [0.25, 0.3) is 0 Å². The number of alkyl halides is 3. The van der Waals surface area contributed by atoms with Crippen LogP contribution in [-0.4, -0.2) is 18.7 Å². The van der Waals surface area contributed by atoms with Gasteiger partial charge in [0, 0.05) is 0 Å². The lowest BCUT2D eigenvalue weighted by Gasteiger charge is -2.11. The van der Waals surface area contributed by atoms with Crippen LogP contribution < -0.4 is 0 Å². The predicted octanol–water partition coefficient (Wildman–Crippen LogP) is 2.88. The second kappa shape index (κ2) is 4.52. The van der Waals surface area contributed by atoms with Crippen LogP contribution in [0, 0.1) is 0 Å². The number of carbonyl (C=O) groups excluding carboxylic acids is 1. The molecule has 0 spiro atoms. The summed E-state index contributed by atoms with van der Waals surface area (Å²) in [6, 6.07) is 4.79. The molecule has 1 aliphatic rings. The van der Waals surface area contributed by atoms with Crippen LogP contribution in [-0.2, 0) is 26.0 Å². The third-order valence-corrected chi connectivity index (χ3v) is 3.07. The summed E-state index contributed by atoms with van der Waals surface area (Å²) in [5.41, 5.74) is -1.47. The monoisotopic (exact) mass is 274 g/mol. The van der Waals surface area contributed by atoms with E-state index in [9.17, 15) is 18.0 Å². The van der Waals surface area contributed by atoms with Gasteiger partial charge in [0.15, 0.2) is 6.10 Å². The molecular formula is C13H13F3O3. The smallest absolute Gasteiger partial charge is 0.416 e. The standard InChI is InChI=1S/C13H13F3O3/c1-3-18-11(17)10-12(2,19-10)8-5-4-6-9(7-8)13(14,15)16/h4-7,10H,3H2,1-2H3. The van der Waals surface area contributed by atoms with Gasteiger partial charge in [-0.1, -0.05) is 12.1 Å². The van der Waals surface area contributed by atoms with Gasteiger partial charge in [-0.15, -0.1) is 0 Å². The summed E-state index contributed by atoms with van der Waals surface area (Å²) >= 11 is 0. The summed E-state index contributed by atoms with van der Waals surface area (Å²) in [6.45, 7) is 3.43. The molecule has 1 aromatic carbocycles. The molecule has 0 bridgehead atoms. The first-order chi connectivity index (χ1) is 8.79. The average molecular weight is 274 g/mol. The Morgan fingerprint density at radius 2 is 2.16 bits per heavy atom. The minimum absolute atomic E-state index is 0.206. The molecule has 0 saturated carbocycles. The molecule has 104 valence electrons. The van der Waals surface area contributed by atoms with Crippen molar-refractivity contribution in [2.45, 2.75) is 31.7 Å². The van der Waals surface area contributed by atoms with Gasteiger partial charge in [-0.25, -0.2) is 4.79 Å². The highest BCUT2D eigenvalue weighted by molar-refractivity contribution is 5.79. The number of epoxide rings is 1. The van der Waals surface area contributed by atoms with Gasteiger partial charge in [-0.2, -0.15) is 13.2 Å². The largest absolute Gasteiger partial charge is 0.464 e. The van der Waals surface area contributed by atoms with E-state index in [1.54, 1.807) is 13.8 Å². The summed E-state index contributed by atoms with van der Waals surface area (Å²) in [5.74, 6) is -0.553. The maximum Gasteiger partial charge on any atom is 0.416 e. The Bertz CT molecular complexity index is 498. The number of rotatable bonds is 3. The number of esters is 1. The molecule has 0 amide bonds. The Hall–Kier alpha value is -1.56. The Morgan fingerprint density at radius 3 is 2.74 bits per heavy atom. The molecule has 2 atom stereocenters. The zero-order valence-electron chi connectivity index (χ0n) is 10.5. The molecule has 1 heterocycles. The van der Waals surface area contributed by atoms with Crippen LogP contribution in [0.1, 0.15) is 25.0 Å². The predicted molar refractivity (Wildman–Crippen MR) is 60.3 cm³/mol. The first kappa shape index (κ1) is 13.9. The maximum atomic E-state index is 12.6. The fraction of sp³-hybridized carbons (Fsp3) is 0.462. The van der Waals surface area contributed by atoms with E-state index in [4.69, 9.17) is 9.47 Å². The summed E-state index contributed by atoms with van der Waals surface area (Å²) in [5, 5.41) is 0. The van der Waals surface area contributed by atoms with Crippen molar-refractivity contribution in [2.75, 3.05) is 6.61 Å². The van der Waals surface area contributed by atoms with Crippen molar-refractivity contribution < 1.29 is 27.4 Å². The van der Waals surface area contributed by atoms with E-state index < -0.39 is 29.4 Å². The van der Waals surface area contributed by atoms with Gasteiger partial charge in [0.1, 0.15) is 5.60 Å². The average Bonchev–Trinajstić information content (AvgIpc) is 3.03. The minimum Gasteiger partial charge on any atom is -0.464 e. The Kier molecular flexibility index (Phi) is 3.30. The zero-order valence-corrected chi connectivity index (χ0v) is 10.5. The van der Waals surface area contributed by atoms with Crippen LogP contribution in [0.15, 0.2) is 24.3 Å². The van der Waals surface area contributed by atoms with Crippen molar-refractivity contribution in [3.05, 3.63) is 35.4 Å². The third-order valence-electron chi connectivity index (χ3n) is 3.07. The van der Waals surface area contributed by atoms with Gasteiger partial charge in [0.05, 0.1) is 12.2 Å². The topological polar surface area (TPSA) is 38.8 Å². The van der Waals surface area contributed by atoms with Crippen LogP contribution >= 0.6 is 0 Å². The van der Waals surface area contributed by atoms with Gasteiger partial charge in [0.25, 0.3) is 0 Å². The number of halogens is 3. The van der Waals surface area contributed by atoms with Gasteiger partial charge in [-0.05, 0) is 31.5 Å². The number of ether oxygens (including phenoxy) is 2. The molecule has 0 aliphatic carbocycles.